The van der Waals surface area contributed by atoms with Crippen LogP contribution in [-0.4, -0.2) is 55.3 Å². The van der Waals surface area contributed by atoms with Crippen molar-refractivity contribution in [3.05, 3.63) is 29.3 Å². The van der Waals surface area contributed by atoms with Gasteiger partial charge in [-0.15, -0.1) is 0 Å². The Bertz CT molecular complexity index is 646. The lowest BCUT2D eigenvalue weighted by molar-refractivity contribution is -0.134. The van der Waals surface area contributed by atoms with Crippen molar-refractivity contribution in [1.82, 2.24) is 10.2 Å². The number of alkyl carbamates (subject to hydrolysis) is 1. The summed E-state index contributed by atoms with van der Waals surface area (Å²) in [7, 11) is 3.80. The summed E-state index contributed by atoms with van der Waals surface area (Å²) in [5.41, 5.74) is 0.684. The van der Waals surface area contributed by atoms with E-state index in [0.29, 0.717) is 37.2 Å². The number of cyclic esters (lactones) is 1. The first kappa shape index (κ1) is 15.8. The molecule has 0 aliphatic carbocycles. The first-order valence-electron chi connectivity index (χ1n) is 7.64. The van der Waals surface area contributed by atoms with Crippen molar-refractivity contribution in [3.8, 4) is 0 Å². The Balaban J connectivity index is 1.82. The van der Waals surface area contributed by atoms with Crippen molar-refractivity contribution in [3.63, 3.8) is 0 Å². The zero-order valence-corrected chi connectivity index (χ0v) is 13.3. The number of ether oxygens (including phenoxy) is 1. The molecule has 1 fully saturated rings. The van der Waals surface area contributed by atoms with Crippen LogP contribution in [0.1, 0.15) is 17.5 Å². The molecule has 124 valence electrons. The number of fused-ring (bicyclic) bond motifs is 1. The Morgan fingerprint density at radius 3 is 2.83 bits per heavy atom. The van der Waals surface area contributed by atoms with E-state index in [1.165, 1.54) is 0 Å². The lowest BCUT2D eigenvalue weighted by Gasteiger charge is -2.23. The van der Waals surface area contributed by atoms with Gasteiger partial charge in [-0.25, -0.2) is 4.79 Å². The summed E-state index contributed by atoms with van der Waals surface area (Å²) in [5.74, 6) is -0.385. The first-order valence-corrected chi connectivity index (χ1v) is 7.64. The van der Waals surface area contributed by atoms with E-state index >= 15 is 0 Å². The summed E-state index contributed by atoms with van der Waals surface area (Å²) in [6, 6.07) is 5.45. The molecule has 0 radical (unpaired) electrons. The Kier molecular flexibility index (Phi) is 3.99. The van der Waals surface area contributed by atoms with Crippen molar-refractivity contribution in [1.29, 1.82) is 0 Å². The van der Waals surface area contributed by atoms with Gasteiger partial charge in [-0.3, -0.25) is 4.79 Å². The minimum atomic E-state index is -1.51. The van der Waals surface area contributed by atoms with Crippen molar-refractivity contribution in [2.24, 2.45) is 0 Å². The summed E-state index contributed by atoms with van der Waals surface area (Å²) in [6.45, 7) is 0.929. The largest absolute Gasteiger partial charge is 0.447 e. The zero-order valence-electron chi connectivity index (χ0n) is 13.3. The Morgan fingerprint density at radius 1 is 1.39 bits per heavy atom. The van der Waals surface area contributed by atoms with E-state index in [1.807, 2.05) is 31.1 Å². The van der Waals surface area contributed by atoms with Crippen LogP contribution in [-0.2, 0) is 21.6 Å². The van der Waals surface area contributed by atoms with Crippen LogP contribution in [0.25, 0.3) is 0 Å². The number of aliphatic hydroxyl groups is 1. The van der Waals surface area contributed by atoms with Crippen LogP contribution < -0.4 is 10.6 Å². The molecule has 1 aromatic rings. The first-order chi connectivity index (χ1) is 10.9. The molecule has 1 saturated heterocycles. The number of carbonyl (C=O) groups is 2. The van der Waals surface area contributed by atoms with Gasteiger partial charge in [0.05, 0.1) is 6.04 Å². The third kappa shape index (κ3) is 3.02. The van der Waals surface area contributed by atoms with Gasteiger partial charge in [0.1, 0.15) is 6.61 Å². The molecule has 2 aliphatic rings. The number of carbonyl (C=O) groups excluding carboxylic acids is 2. The third-order valence-corrected chi connectivity index (χ3v) is 4.29. The molecule has 3 rings (SSSR count). The molecule has 0 spiro atoms. The second-order valence-corrected chi connectivity index (χ2v) is 6.39. The van der Waals surface area contributed by atoms with Crippen LogP contribution in [0.4, 0.5) is 10.5 Å². The van der Waals surface area contributed by atoms with Crippen LogP contribution in [0, 0.1) is 0 Å². The maximum Gasteiger partial charge on any atom is 0.407 e. The molecular weight excluding hydrogens is 298 g/mol. The molecule has 1 unspecified atom stereocenters. The van der Waals surface area contributed by atoms with Gasteiger partial charge < -0.3 is 25.4 Å². The van der Waals surface area contributed by atoms with Gasteiger partial charge >= 0.3 is 6.09 Å². The van der Waals surface area contributed by atoms with Crippen LogP contribution >= 0.6 is 0 Å². The number of nitrogens with one attached hydrogen (secondary N) is 2. The minimum Gasteiger partial charge on any atom is -0.447 e. The van der Waals surface area contributed by atoms with E-state index in [-0.39, 0.29) is 11.9 Å². The van der Waals surface area contributed by atoms with Gasteiger partial charge in [0.2, 0.25) is 0 Å². The molecule has 3 N–H and O–H groups in total. The fraction of sp³-hybridized carbons (Fsp3) is 0.500. The van der Waals surface area contributed by atoms with Crippen molar-refractivity contribution in [2.45, 2.75) is 24.5 Å². The molecule has 0 bridgehead atoms. The fourth-order valence-electron chi connectivity index (χ4n) is 2.97. The third-order valence-electron chi connectivity index (χ3n) is 4.29. The monoisotopic (exact) mass is 319 g/mol. The standard InChI is InChI=1S/C16H21N3O4/c1-19(2)6-5-16(22)12-8-10(3-4-13(12)18-14(16)20)7-11-9-23-15(21)17-11/h3-4,8,11,22H,5-7,9H2,1-2H3,(H,17,21)(H,18,20)/t11-,16?/m0/s1. The highest BCUT2D eigenvalue weighted by Gasteiger charge is 2.45. The highest BCUT2D eigenvalue weighted by atomic mass is 16.6. The molecule has 23 heavy (non-hydrogen) atoms. The average Bonchev–Trinajstić information content (AvgIpc) is 3.00. The molecular formula is C16H21N3O4. The molecule has 7 nitrogen and oxygen atoms in total. The molecule has 2 atom stereocenters. The van der Waals surface area contributed by atoms with E-state index in [9.17, 15) is 14.7 Å². The Hall–Kier alpha value is -2.12. The van der Waals surface area contributed by atoms with Gasteiger partial charge in [0.15, 0.2) is 5.60 Å². The van der Waals surface area contributed by atoms with E-state index in [2.05, 4.69) is 10.6 Å². The second-order valence-electron chi connectivity index (χ2n) is 6.39. The maximum atomic E-state index is 12.2. The SMILES string of the molecule is CN(C)CCC1(O)C(=O)Nc2ccc(C[C@H]3COC(=O)N3)cc21. The average molecular weight is 319 g/mol. The summed E-state index contributed by atoms with van der Waals surface area (Å²) >= 11 is 0. The molecule has 7 heteroatoms. The van der Waals surface area contributed by atoms with Gasteiger partial charge in [-0.05, 0) is 32.1 Å². The highest BCUT2D eigenvalue weighted by molar-refractivity contribution is 6.04. The summed E-state index contributed by atoms with van der Waals surface area (Å²) < 4.78 is 4.88. The smallest absolute Gasteiger partial charge is 0.407 e. The highest BCUT2D eigenvalue weighted by Crippen LogP contribution is 2.39. The van der Waals surface area contributed by atoms with Crippen LogP contribution in [0.15, 0.2) is 18.2 Å². The summed E-state index contributed by atoms with van der Waals surface area (Å²) in [4.78, 5) is 25.2. The van der Waals surface area contributed by atoms with E-state index in [1.54, 1.807) is 6.07 Å². The number of amides is 2. The molecule has 2 amide bonds. The zero-order chi connectivity index (χ0) is 16.6. The predicted molar refractivity (Wildman–Crippen MR) is 84.1 cm³/mol. The van der Waals surface area contributed by atoms with Crippen LogP contribution in [0.2, 0.25) is 0 Å². The van der Waals surface area contributed by atoms with E-state index < -0.39 is 11.7 Å². The predicted octanol–water partition coefficient (Wildman–Crippen LogP) is 0.429. The number of nitrogens with zero attached hydrogens (tertiary/aromatic N) is 1. The Labute approximate surface area is 134 Å². The quantitative estimate of drug-likeness (QED) is 0.732. The normalized spacial score (nSPS) is 26.0. The summed E-state index contributed by atoms with van der Waals surface area (Å²) in [5, 5.41) is 16.3. The molecule has 2 aliphatic heterocycles. The van der Waals surface area contributed by atoms with Gasteiger partial charge in [0, 0.05) is 24.2 Å². The van der Waals surface area contributed by atoms with E-state index in [4.69, 9.17) is 4.74 Å². The molecule has 2 heterocycles. The number of anilines is 1. The van der Waals surface area contributed by atoms with Gasteiger partial charge in [-0.1, -0.05) is 12.1 Å². The lowest BCUT2D eigenvalue weighted by atomic mass is 9.89. The number of rotatable bonds is 5. The lowest BCUT2D eigenvalue weighted by Crippen LogP contribution is -2.37. The second kappa shape index (κ2) is 5.82. The number of benzene rings is 1. The molecule has 0 aromatic heterocycles. The minimum absolute atomic E-state index is 0.0829. The Morgan fingerprint density at radius 2 is 2.17 bits per heavy atom. The fourth-order valence-corrected chi connectivity index (χ4v) is 2.97. The molecule has 0 saturated carbocycles. The number of hydrogen-bond donors (Lipinski definition) is 3. The van der Waals surface area contributed by atoms with Crippen molar-refractivity contribution >= 4 is 17.7 Å². The van der Waals surface area contributed by atoms with Gasteiger partial charge in [-0.2, -0.15) is 0 Å². The van der Waals surface area contributed by atoms with Crippen molar-refractivity contribution < 1.29 is 19.4 Å². The van der Waals surface area contributed by atoms with Crippen molar-refractivity contribution in [2.75, 3.05) is 32.6 Å². The van der Waals surface area contributed by atoms with Crippen LogP contribution in [0.5, 0.6) is 0 Å². The topological polar surface area (TPSA) is 90.9 Å². The molecule has 1 aromatic carbocycles. The number of hydrogen-bond acceptors (Lipinski definition) is 5. The van der Waals surface area contributed by atoms with Crippen LogP contribution in [0.3, 0.4) is 0 Å². The van der Waals surface area contributed by atoms with E-state index in [0.717, 1.165) is 5.56 Å². The summed E-state index contributed by atoms with van der Waals surface area (Å²) in [6.07, 6.45) is 0.512. The van der Waals surface area contributed by atoms with Gasteiger partial charge in [0.25, 0.3) is 5.91 Å². The maximum absolute atomic E-state index is 12.2.